The van der Waals surface area contributed by atoms with Crippen molar-refractivity contribution in [2.24, 2.45) is 5.92 Å². The number of thioether (sulfide) groups is 1. The summed E-state index contributed by atoms with van der Waals surface area (Å²) >= 11 is 1.49. The van der Waals surface area contributed by atoms with Gasteiger partial charge < -0.3 is 9.47 Å². The van der Waals surface area contributed by atoms with Crippen LogP contribution in [0.5, 0.6) is 5.75 Å². The van der Waals surface area contributed by atoms with Gasteiger partial charge in [-0.05, 0) is 43.0 Å². The number of carbonyl (C=O) groups excluding carboxylic acids is 1. The topological polar surface area (TPSA) is 66.2 Å². The fourth-order valence-corrected chi connectivity index (χ4v) is 5.04. The van der Waals surface area contributed by atoms with E-state index in [-0.39, 0.29) is 11.2 Å². The predicted octanol–water partition coefficient (Wildman–Crippen LogP) is 4.11. The maximum absolute atomic E-state index is 12.0. The predicted molar refractivity (Wildman–Crippen MR) is 104 cm³/mol. The molecule has 2 fully saturated rings. The third kappa shape index (κ3) is 3.70. The summed E-state index contributed by atoms with van der Waals surface area (Å²) in [5.41, 5.74) is 1.02. The van der Waals surface area contributed by atoms with Crippen molar-refractivity contribution in [1.82, 2.24) is 14.8 Å². The van der Waals surface area contributed by atoms with E-state index in [1.165, 1.54) is 31.0 Å². The van der Waals surface area contributed by atoms with Crippen molar-refractivity contribution in [1.29, 1.82) is 0 Å². The van der Waals surface area contributed by atoms with E-state index in [1.807, 2.05) is 24.3 Å². The summed E-state index contributed by atoms with van der Waals surface area (Å²) < 4.78 is 12.7. The lowest BCUT2D eigenvalue weighted by atomic mass is 9.85. The van der Waals surface area contributed by atoms with E-state index in [1.54, 1.807) is 7.11 Å². The molecule has 1 saturated carbocycles. The average molecular weight is 388 g/mol. The summed E-state index contributed by atoms with van der Waals surface area (Å²) in [4.78, 5) is 12.0. The molecule has 1 aromatic carbocycles. The highest BCUT2D eigenvalue weighted by atomic mass is 32.2. The first-order valence-electron chi connectivity index (χ1n) is 9.60. The molecule has 0 amide bonds. The molecule has 0 N–H and O–H groups in total. The normalized spacial score (nSPS) is 25.4. The average Bonchev–Trinajstić information content (AvgIpc) is 3.29. The van der Waals surface area contributed by atoms with Crippen LogP contribution in [-0.4, -0.2) is 39.7 Å². The number of nitrogens with zero attached hydrogens (tertiary/aromatic N) is 3. The third-order valence-corrected chi connectivity index (χ3v) is 6.75. The van der Waals surface area contributed by atoms with Crippen LogP contribution in [0.2, 0.25) is 0 Å². The van der Waals surface area contributed by atoms with Gasteiger partial charge >= 0.3 is 5.97 Å². The summed E-state index contributed by atoms with van der Waals surface area (Å²) in [6.07, 6.45) is 5.54. The molecule has 3 atom stereocenters. The van der Waals surface area contributed by atoms with Crippen LogP contribution in [0.3, 0.4) is 0 Å². The molecule has 0 radical (unpaired) electrons. The van der Waals surface area contributed by atoms with Crippen molar-refractivity contribution >= 4 is 17.7 Å². The number of esters is 1. The Morgan fingerprint density at radius 1 is 1.15 bits per heavy atom. The zero-order valence-electron chi connectivity index (χ0n) is 15.8. The van der Waals surface area contributed by atoms with Crippen molar-refractivity contribution in [2.45, 2.75) is 55.5 Å². The van der Waals surface area contributed by atoms with Gasteiger partial charge in [0.15, 0.2) is 11.0 Å². The summed E-state index contributed by atoms with van der Waals surface area (Å²) in [5.74, 6) is 2.10. The van der Waals surface area contributed by atoms with Gasteiger partial charge in [0, 0.05) is 18.0 Å². The number of hydrogen-bond acceptors (Lipinski definition) is 6. The Morgan fingerprint density at radius 2 is 1.93 bits per heavy atom. The maximum atomic E-state index is 12.0. The number of carbonyl (C=O) groups is 1. The van der Waals surface area contributed by atoms with Crippen molar-refractivity contribution in [3.8, 4) is 17.1 Å². The van der Waals surface area contributed by atoms with Crippen LogP contribution in [0, 0.1) is 5.92 Å². The van der Waals surface area contributed by atoms with Gasteiger partial charge in [-0.3, -0.25) is 9.36 Å². The molecule has 0 bridgehead atoms. The summed E-state index contributed by atoms with van der Waals surface area (Å²) in [5, 5.41) is 9.64. The van der Waals surface area contributed by atoms with Crippen molar-refractivity contribution < 1.29 is 14.3 Å². The summed E-state index contributed by atoms with van der Waals surface area (Å²) in [6, 6.07) is 8.28. The van der Waals surface area contributed by atoms with Crippen molar-refractivity contribution in [3.05, 3.63) is 24.3 Å². The molecular formula is C20H25N3O3S. The zero-order chi connectivity index (χ0) is 18.8. The van der Waals surface area contributed by atoms with E-state index in [0.717, 1.165) is 35.1 Å². The number of rotatable bonds is 5. The van der Waals surface area contributed by atoms with Gasteiger partial charge in [-0.15, -0.1) is 10.2 Å². The van der Waals surface area contributed by atoms with Crippen LogP contribution in [0.4, 0.5) is 0 Å². The molecule has 4 rings (SSSR count). The molecule has 0 unspecified atom stereocenters. The first-order valence-corrected chi connectivity index (χ1v) is 10.5. The maximum Gasteiger partial charge on any atom is 0.319 e. The first-order chi connectivity index (χ1) is 13.2. The van der Waals surface area contributed by atoms with E-state index in [0.29, 0.717) is 18.6 Å². The minimum absolute atomic E-state index is 0.141. The van der Waals surface area contributed by atoms with Crippen LogP contribution < -0.4 is 4.74 Å². The SMILES string of the molecule is COc1ccc(-c2nnc(S[C@H]3CCOC3=O)n2[C@H]2CCCC[C@@H]2C)cc1. The lowest BCUT2D eigenvalue weighted by Gasteiger charge is -2.31. The first kappa shape index (κ1) is 18.3. The standard InChI is InChI=1S/C20H25N3O3S/c1-13-5-3-4-6-16(13)23-18(14-7-9-15(25-2)10-8-14)21-22-20(23)27-17-11-12-26-19(17)24/h7-10,13,16-17H,3-6,11-12H2,1-2H3/t13-,16-,17-/m0/s1. The Kier molecular flexibility index (Phi) is 5.38. The van der Waals surface area contributed by atoms with E-state index < -0.39 is 0 Å². The fourth-order valence-electron chi connectivity index (χ4n) is 3.99. The van der Waals surface area contributed by atoms with Gasteiger partial charge in [0.25, 0.3) is 0 Å². The van der Waals surface area contributed by atoms with E-state index in [9.17, 15) is 4.79 Å². The summed E-state index contributed by atoms with van der Waals surface area (Å²) in [6.45, 7) is 2.80. The molecule has 27 heavy (non-hydrogen) atoms. The molecule has 2 aromatic rings. The van der Waals surface area contributed by atoms with Crippen LogP contribution >= 0.6 is 11.8 Å². The van der Waals surface area contributed by atoms with E-state index in [4.69, 9.17) is 9.47 Å². The lowest BCUT2D eigenvalue weighted by molar-refractivity contribution is -0.137. The third-order valence-electron chi connectivity index (χ3n) is 5.55. The minimum Gasteiger partial charge on any atom is -0.497 e. The zero-order valence-corrected chi connectivity index (χ0v) is 16.6. The number of methoxy groups -OCH3 is 1. The molecule has 2 heterocycles. The molecule has 1 aliphatic heterocycles. The van der Waals surface area contributed by atoms with Crippen LogP contribution in [-0.2, 0) is 9.53 Å². The second kappa shape index (κ2) is 7.92. The van der Waals surface area contributed by atoms with Crippen LogP contribution in [0.1, 0.15) is 45.1 Å². The number of ether oxygens (including phenoxy) is 2. The second-order valence-electron chi connectivity index (χ2n) is 7.30. The van der Waals surface area contributed by atoms with Gasteiger partial charge in [-0.2, -0.15) is 0 Å². The number of cyclic esters (lactones) is 1. The smallest absolute Gasteiger partial charge is 0.319 e. The van der Waals surface area contributed by atoms with Crippen molar-refractivity contribution in [2.75, 3.05) is 13.7 Å². The Labute approximate surface area is 163 Å². The molecule has 7 heteroatoms. The molecule has 1 aromatic heterocycles. The molecule has 144 valence electrons. The molecule has 6 nitrogen and oxygen atoms in total. The minimum atomic E-state index is -0.185. The van der Waals surface area contributed by atoms with E-state index >= 15 is 0 Å². The molecule has 0 spiro atoms. The van der Waals surface area contributed by atoms with Crippen LogP contribution in [0.15, 0.2) is 29.4 Å². The highest BCUT2D eigenvalue weighted by Crippen LogP contribution is 2.40. The lowest BCUT2D eigenvalue weighted by Crippen LogP contribution is -2.23. The molecule has 1 saturated heterocycles. The van der Waals surface area contributed by atoms with Gasteiger partial charge in [0.2, 0.25) is 0 Å². The van der Waals surface area contributed by atoms with Gasteiger partial charge in [0.05, 0.1) is 13.7 Å². The number of hydrogen-bond donors (Lipinski definition) is 0. The number of aromatic nitrogens is 3. The Hall–Kier alpha value is -2.02. The largest absolute Gasteiger partial charge is 0.497 e. The Morgan fingerprint density at radius 3 is 2.59 bits per heavy atom. The molecule has 2 aliphatic rings. The van der Waals surface area contributed by atoms with Gasteiger partial charge in [-0.25, -0.2) is 0 Å². The van der Waals surface area contributed by atoms with Crippen LogP contribution in [0.25, 0.3) is 11.4 Å². The Balaban J connectivity index is 1.72. The summed E-state index contributed by atoms with van der Waals surface area (Å²) in [7, 11) is 1.66. The second-order valence-corrected chi connectivity index (χ2v) is 8.47. The quantitative estimate of drug-likeness (QED) is 0.719. The number of benzene rings is 1. The highest BCUT2D eigenvalue weighted by molar-refractivity contribution is 8.00. The Bertz CT molecular complexity index is 805. The highest BCUT2D eigenvalue weighted by Gasteiger charge is 2.33. The van der Waals surface area contributed by atoms with Crippen molar-refractivity contribution in [3.63, 3.8) is 0 Å². The molecule has 1 aliphatic carbocycles. The monoisotopic (exact) mass is 387 g/mol. The fraction of sp³-hybridized carbons (Fsp3) is 0.550. The van der Waals surface area contributed by atoms with E-state index in [2.05, 4.69) is 21.7 Å². The van der Waals surface area contributed by atoms with Gasteiger partial charge in [0.1, 0.15) is 11.0 Å². The van der Waals surface area contributed by atoms with Gasteiger partial charge in [-0.1, -0.05) is 31.5 Å². The molecular weight excluding hydrogens is 362 g/mol.